The van der Waals surface area contributed by atoms with E-state index in [0.29, 0.717) is 10.9 Å². The summed E-state index contributed by atoms with van der Waals surface area (Å²) in [4.78, 5) is 22.2. The quantitative estimate of drug-likeness (QED) is 0.323. The van der Waals surface area contributed by atoms with Crippen LogP contribution in [0.3, 0.4) is 0 Å². The van der Waals surface area contributed by atoms with Gasteiger partial charge in [0.05, 0.1) is 10.3 Å². The van der Waals surface area contributed by atoms with Crippen LogP contribution in [0.15, 0.2) is 40.1 Å². The van der Waals surface area contributed by atoms with Crippen molar-refractivity contribution in [3.8, 4) is 0 Å². The van der Waals surface area contributed by atoms with Gasteiger partial charge in [-0.2, -0.15) is 0 Å². The van der Waals surface area contributed by atoms with Gasteiger partial charge in [0.1, 0.15) is 0 Å². The lowest BCUT2D eigenvalue weighted by molar-refractivity contribution is -0.102. The summed E-state index contributed by atoms with van der Waals surface area (Å²) in [6.07, 6.45) is 2.53. The summed E-state index contributed by atoms with van der Waals surface area (Å²) in [5, 5.41) is 9.95. The Morgan fingerprint density at radius 2 is 1.92 bits per heavy atom. The molecule has 2 N–H and O–H groups in total. The monoisotopic (exact) mass is 425 g/mol. The molecule has 1 fully saturated rings. The van der Waals surface area contributed by atoms with Crippen molar-refractivity contribution < 1.29 is 9.90 Å². The van der Waals surface area contributed by atoms with E-state index in [2.05, 4.69) is 49.2 Å². The number of rotatable bonds is 5. The van der Waals surface area contributed by atoms with E-state index in [1.54, 1.807) is 0 Å². The lowest BCUT2D eigenvalue weighted by Crippen LogP contribution is -2.44. The van der Waals surface area contributed by atoms with Crippen LogP contribution in [0, 0.1) is 0 Å². The van der Waals surface area contributed by atoms with Crippen LogP contribution < -0.4 is 10.2 Å². The van der Waals surface area contributed by atoms with Gasteiger partial charge in [-0.15, -0.1) is 0 Å². The van der Waals surface area contributed by atoms with Gasteiger partial charge in [-0.05, 0) is 41.2 Å². The molecule has 1 aromatic rings. The van der Waals surface area contributed by atoms with E-state index in [4.69, 9.17) is 5.11 Å². The highest BCUT2D eigenvalue weighted by molar-refractivity contribution is 9.11. The normalized spacial score (nSPS) is 15.8. The molecule has 26 heavy (non-hydrogen) atoms. The minimum absolute atomic E-state index is 0.260. The molecule has 0 aliphatic carbocycles. The Morgan fingerprint density at radius 3 is 2.50 bits per heavy atom. The fraction of sp³-hybridized carbons (Fsp3) is 0.444. The standard InChI is InChI=1S/C17H24BrN5O.CH4O/c1-21(2)12-16(18)20-17(13-24)19-14-5-4-6-15(11-14)23-9-7-22(3)8-10-23;1-2/h4-6,11-13H,7-10H2,1-3H3,(H,19,20);2H,1H3/b16-12-;. The van der Waals surface area contributed by atoms with E-state index in [9.17, 15) is 4.79 Å². The molecule has 1 saturated heterocycles. The molecule has 1 aromatic carbocycles. The van der Waals surface area contributed by atoms with E-state index < -0.39 is 0 Å². The lowest BCUT2D eigenvalue weighted by Gasteiger charge is -2.34. The number of nitrogens with one attached hydrogen (secondary N) is 1. The first-order chi connectivity index (χ1) is 12.5. The molecule has 0 spiro atoms. The molecule has 0 amide bonds. The maximum absolute atomic E-state index is 11.3. The number of aldehydes is 1. The second-order valence-electron chi connectivity index (χ2n) is 5.99. The molecule has 0 saturated carbocycles. The summed E-state index contributed by atoms with van der Waals surface area (Å²) in [5.41, 5.74) is 1.89. The number of benzene rings is 1. The fourth-order valence-corrected chi connectivity index (χ4v) is 3.04. The summed E-state index contributed by atoms with van der Waals surface area (Å²) in [6, 6.07) is 7.97. The van der Waals surface area contributed by atoms with E-state index in [0.717, 1.165) is 44.7 Å². The van der Waals surface area contributed by atoms with E-state index in [-0.39, 0.29) is 5.84 Å². The van der Waals surface area contributed by atoms with Crippen molar-refractivity contribution in [2.24, 2.45) is 4.99 Å². The Balaban J connectivity index is 0.00000163. The largest absolute Gasteiger partial charge is 0.400 e. The van der Waals surface area contributed by atoms with Crippen LogP contribution in [0.5, 0.6) is 0 Å². The molecule has 1 aliphatic rings. The zero-order valence-electron chi connectivity index (χ0n) is 15.8. The zero-order valence-corrected chi connectivity index (χ0v) is 17.4. The van der Waals surface area contributed by atoms with Crippen LogP contribution in [-0.2, 0) is 4.79 Å². The summed E-state index contributed by atoms with van der Waals surface area (Å²) >= 11 is 3.37. The third-order valence-corrected chi connectivity index (χ3v) is 4.08. The van der Waals surface area contributed by atoms with Crippen LogP contribution in [0.1, 0.15) is 0 Å². The highest BCUT2D eigenvalue weighted by Crippen LogP contribution is 2.22. The topological polar surface area (TPSA) is 71.4 Å². The Bertz CT molecular complexity index is 626. The van der Waals surface area contributed by atoms with Crippen molar-refractivity contribution in [3.05, 3.63) is 35.1 Å². The summed E-state index contributed by atoms with van der Waals surface area (Å²) in [6.45, 7) is 4.10. The molecule has 0 bridgehead atoms. The number of piperazine rings is 1. The number of amidine groups is 1. The molecule has 144 valence electrons. The number of hydrogen-bond donors (Lipinski definition) is 2. The van der Waals surface area contributed by atoms with Crippen molar-refractivity contribution in [1.29, 1.82) is 0 Å². The number of carbonyl (C=O) groups excluding carboxylic acids is 1. The smallest absolute Gasteiger partial charge is 0.185 e. The first-order valence-electron chi connectivity index (χ1n) is 8.31. The van der Waals surface area contributed by atoms with E-state index >= 15 is 0 Å². The SMILES string of the molecule is CN(C)/C=C(/Br)NC(C=O)=Nc1cccc(N2CCN(C)CC2)c1.CO. The Kier molecular flexibility index (Phi) is 9.93. The molecule has 2 rings (SSSR count). The highest BCUT2D eigenvalue weighted by Gasteiger charge is 2.14. The van der Waals surface area contributed by atoms with Crippen molar-refractivity contribution >= 4 is 39.4 Å². The van der Waals surface area contributed by atoms with Gasteiger partial charge < -0.3 is 25.1 Å². The van der Waals surface area contributed by atoms with Gasteiger partial charge in [-0.1, -0.05) is 6.07 Å². The van der Waals surface area contributed by atoms with Crippen molar-refractivity contribution in [2.45, 2.75) is 0 Å². The third kappa shape index (κ3) is 7.55. The second kappa shape index (κ2) is 11.7. The van der Waals surface area contributed by atoms with Crippen LogP contribution in [-0.4, -0.2) is 81.5 Å². The maximum Gasteiger partial charge on any atom is 0.185 e. The van der Waals surface area contributed by atoms with Gasteiger partial charge in [0.15, 0.2) is 12.1 Å². The summed E-state index contributed by atoms with van der Waals surface area (Å²) in [5.74, 6) is 0.260. The Hall–Kier alpha value is -1.90. The molecule has 8 heteroatoms. The minimum Gasteiger partial charge on any atom is -0.400 e. The van der Waals surface area contributed by atoms with Crippen LogP contribution in [0.25, 0.3) is 0 Å². The number of aliphatic imine (C=N–C) groups is 1. The Morgan fingerprint density at radius 1 is 1.27 bits per heavy atom. The van der Waals surface area contributed by atoms with Gasteiger partial charge >= 0.3 is 0 Å². The average Bonchev–Trinajstić information content (AvgIpc) is 2.63. The van der Waals surface area contributed by atoms with Gasteiger partial charge in [0.2, 0.25) is 0 Å². The minimum atomic E-state index is 0.260. The van der Waals surface area contributed by atoms with Crippen molar-refractivity contribution in [1.82, 2.24) is 15.1 Å². The van der Waals surface area contributed by atoms with Gasteiger partial charge in [0.25, 0.3) is 0 Å². The van der Waals surface area contributed by atoms with Gasteiger partial charge in [-0.25, -0.2) is 4.99 Å². The number of anilines is 1. The van der Waals surface area contributed by atoms with Crippen LogP contribution in [0.4, 0.5) is 11.4 Å². The second-order valence-corrected chi connectivity index (χ2v) is 6.85. The predicted molar refractivity (Wildman–Crippen MR) is 111 cm³/mol. The predicted octanol–water partition coefficient (Wildman–Crippen LogP) is 1.62. The van der Waals surface area contributed by atoms with Gasteiger partial charge in [0, 0.05) is 59.3 Å². The maximum atomic E-state index is 11.3. The first-order valence-corrected chi connectivity index (χ1v) is 9.10. The van der Waals surface area contributed by atoms with Crippen LogP contribution in [0.2, 0.25) is 0 Å². The van der Waals surface area contributed by atoms with E-state index in [1.165, 1.54) is 0 Å². The molecular formula is C18H28BrN5O2. The van der Waals surface area contributed by atoms with Gasteiger partial charge in [-0.3, -0.25) is 4.79 Å². The molecule has 0 radical (unpaired) electrons. The molecule has 0 atom stereocenters. The number of aliphatic hydroxyl groups is 1. The average molecular weight is 426 g/mol. The molecule has 7 nitrogen and oxygen atoms in total. The molecular weight excluding hydrogens is 398 g/mol. The number of carbonyl (C=O) groups is 1. The Labute approximate surface area is 164 Å². The summed E-state index contributed by atoms with van der Waals surface area (Å²) < 4.78 is 0.675. The first kappa shape index (κ1) is 22.1. The number of nitrogens with zero attached hydrogens (tertiary/aromatic N) is 4. The van der Waals surface area contributed by atoms with E-state index in [1.807, 2.05) is 43.4 Å². The van der Waals surface area contributed by atoms with Crippen LogP contribution >= 0.6 is 15.9 Å². The van der Waals surface area contributed by atoms with Crippen molar-refractivity contribution in [2.75, 3.05) is 59.3 Å². The number of hydrogen-bond acceptors (Lipinski definition) is 6. The molecule has 1 heterocycles. The lowest BCUT2D eigenvalue weighted by atomic mass is 10.2. The fourth-order valence-electron chi connectivity index (χ4n) is 2.43. The van der Waals surface area contributed by atoms with Crippen molar-refractivity contribution in [3.63, 3.8) is 0 Å². The molecule has 1 aliphatic heterocycles. The zero-order chi connectivity index (χ0) is 19.5. The number of halogens is 1. The molecule has 0 unspecified atom stereocenters. The number of aliphatic hydroxyl groups excluding tert-OH is 1. The number of likely N-dealkylation sites (N-methyl/N-ethyl adjacent to an activating group) is 1. The summed E-state index contributed by atoms with van der Waals surface area (Å²) in [7, 11) is 6.94. The molecule has 0 aromatic heterocycles. The third-order valence-electron chi connectivity index (χ3n) is 3.68. The highest BCUT2D eigenvalue weighted by atomic mass is 79.9.